The predicted molar refractivity (Wildman–Crippen MR) is 119 cm³/mol. The second-order valence-electron chi connectivity index (χ2n) is 8.14. The molecule has 1 aromatic heterocycles. The van der Waals surface area contributed by atoms with E-state index in [2.05, 4.69) is 55.2 Å². The molecule has 0 bridgehead atoms. The van der Waals surface area contributed by atoms with Crippen molar-refractivity contribution in [2.75, 3.05) is 7.05 Å². The number of nitrogens with one attached hydrogen (secondary N) is 1. The van der Waals surface area contributed by atoms with Crippen molar-refractivity contribution in [2.45, 2.75) is 39.3 Å². The van der Waals surface area contributed by atoms with Crippen LogP contribution in [0.1, 0.15) is 31.9 Å². The minimum Gasteiger partial charge on any atom is -0.340 e. The lowest BCUT2D eigenvalue weighted by Gasteiger charge is -2.21. The average Bonchev–Trinajstić information content (AvgIpc) is 3.02. The fraction of sp³-hybridized carbons (Fsp3) is 0.318. The van der Waals surface area contributed by atoms with Crippen molar-refractivity contribution in [2.24, 2.45) is 0 Å². The van der Waals surface area contributed by atoms with E-state index in [9.17, 15) is 4.79 Å². The Morgan fingerprint density at radius 2 is 1.76 bits per heavy atom. The first-order valence-electron chi connectivity index (χ1n) is 9.39. The SMILES string of the molecule is CN(Cc1ccc(C(C)(C)C)cc1)C(=O)Cn1c(-c2ccc(Cl)cc2)n[nH]c1=S. The van der Waals surface area contributed by atoms with Gasteiger partial charge >= 0.3 is 0 Å². The van der Waals surface area contributed by atoms with E-state index < -0.39 is 0 Å². The van der Waals surface area contributed by atoms with Crippen LogP contribution in [0.2, 0.25) is 5.02 Å². The lowest BCUT2D eigenvalue weighted by Crippen LogP contribution is -2.30. The molecule has 3 rings (SSSR count). The maximum absolute atomic E-state index is 12.8. The second kappa shape index (κ2) is 8.51. The van der Waals surface area contributed by atoms with Crippen LogP contribution in [0.5, 0.6) is 0 Å². The van der Waals surface area contributed by atoms with Crippen LogP contribution in [0.3, 0.4) is 0 Å². The van der Waals surface area contributed by atoms with Crippen LogP contribution in [0.25, 0.3) is 11.4 Å². The number of aromatic amines is 1. The summed E-state index contributed by atoms with van der Waals surface area (Å²) in [4.78, 5) is 14.5. The van der Waals surface area contributed by atoms with Gasteiger partial charge in [0.15, 0.2) is 10.6 Å². The quantitative estimate of drug-likeness (QED) is 0.567. The molecular formula is C22H25ClN4OS. The van der Waals surface area contributed by atoms with Crippen molar-refractivity contribution in [3.63, 3.8) is 0 Å². The molecule has 0 saturated heterocycles. The lowest BCUT2D eigenvalue weighted by molar-refractivity contribution is -0.131. The van der Waals surface area contributed by atoms with Gasteiger partial charge < -0.3 is 4.90 Å². The highest BCUT2D eigenvalue weighted by Crippen LogP contribution is 2.23. The summed E-state index contributed by atoms with van der Waals surface area (Å²) in [5.41, 5.74) is 3.31. The van der Waals surface area contributed by atoms with Crippen LogP contribution in [0.4, 0.5) is 0 Å². The number of carbonyl (C=O) groups excluding carboxylic acids is 1. The zero-order valence-corrected chi connectivity index (χ0v) is 18.6. The summed E-state index contributed by atoms with van der Waals surface area (Å²) in [7, 11) is 1.80. The van der Waals surface area contributed by atoms with Crippen LogP contribution in [-0.2, 0) is 23.3 Å². The predicted octanol–water partition coefficient (Wildman–Crippen LogP) is 5.22. The monoisotopic (exact) mass is 428 g/mol. The molecule has 3 aromatic rings. The first-order chi connectivity index (χ1) is 13.6. The standard InChI is InChI=1S/C22H25ClN4OS/c1-22(2,3)17-9-5-15(6-10-17)13-26(4)19(28)14-27-20(24-25-21(27)29)16-7-11-18(23)12-8-16/h5-12H,13-14H2,1-4H3,(H,25,29). The molecule has 0 fully saturated rings. The molecule has 2 aromatic carbocycles. The van der Waals surface area contributed by atoms with E-state index in [4.69, 9.17) is 23.8 Å². The summed E-state index contributed by atoms with van der Waals surface area (Å²) < 4.78 is 2.12. The van der Waals surface area contributed by atoms with Gasteiger partial charge in [0.25, 0.3) is 0 Å². The van der Waals surface area contributed by atoms with Crippen molar-refractivity contribution >= 4 is 29.7 Å². The van der Waals surface area contributed by atoms with Crippen molar-refractivity contribution in [3.05, 3.63) is 69.5 Å². The van der Waals surface area contributed by atoms with Crippen molar-refractivity contribution in [1.29, 1.82) is 0 Å². The van der Waals surface area contributed by atoms with E-state index in [0.29, 0.717) is 22.2 Å². The number of carbonyl (C=O) groups is 1. The summed E-state index contributed by atoms with van der Waals surface area (Å²) >= 11 is 11.3. The number of amides is 1. The van der Waals surface area contributed by atoms with Gasteiger partial charge in [0.2, 0.25) is 5.91 Å². The fourth-order valence-electron chi connectivity index (χ4n) is 3.01. The maximum Gasteiger partial charge on any atom is 0.242 e. The number of benzene rings is 2. The van der Waals surface area contributed by atoms with Gasteiger partial charge in [-0.2, -0.15) is 5.10 Å². The highest BCUT2D eigenvalue weighted by Gasteiger charge is 2.17. The van der Waals surface area contributed by atoms with Crippen LogP contribution in [0, 0.1) is 4.77 Å². The van der Waals surface area contributed by atoms with Crippen LogP contribution < -0.4 is 0 Å². The molecule has 29 heavy (non-hydrogen) atoms. The van der Waals surface area contributed by atoms with Crippen LogP contribution in [-0.4, -0.2) is 32.6 Å². The van der Waals surface area contributed by atoms with Crippen LogP contribution in [0.15, 0.2) is 48.5 Å². The van der Waals surface area contributed by atoms with Gasteiger partial charge in [-0.1, -0.05) is 56.6 Å². The van der Waals surface area contributed by atoms with E-state index >= 15 is 0 Å². The Balaban J connectivity index is 1.73. The Labute approximate surface area is 181 Å². The van der Waals surface area contributed by atoms with E-state index in [1.807, 2.05) is 12.1 Å². The zero-order valence-electron chi connectivity index (χ0n) is 17.1. The summed E-state index contributed by atoms with van der Waals surface area (Å²) in [6, 6.07) is 15.7. The van der Waals surface area contributed by atoms with Crippen molar-refractivity contribution < 1.29 is 4.79 Å². The molecule has 0 aliphatic carbocycles. The Morgan fingerprint density at radius 1 is 1.14 bits per heavy atom. The molecular weight excluding hydrogens is 404 g/mol. The number of hydrogen-bond acceptors (Lipinski definition) is 3. The molecule has 0 radical (unpaired) electrons. The molecule has 1 N–H and O–H groups in total. The normalized spacial score (nSPS) is 11.5. The number of H-pyrrole nitrogens is 1. The molecule has 0 aliphatic rings. The fourth-order valence-corrected chi connectivity index (χ4v) is 3.33. The number of aromatic nitrogens is 3. The molecule has 152 valence electrons. The first kappa shape index (κ1) is 21.3. The van der Waals surface area contributed by atoms with E-state index in [0.717, 1.165) is 11.1 Å². The van der Waals surface area contributed by atoms with Gasteiger partial charge in [-0.25, -0.2) is 0 Å². The molecule has 7 heteroatoms. The third kappa shape index (κ3) is 5.14. The number of halogens is 1. The van der Waals surface area contributed by atoms with E-state index in [1.165, 1.54) is 5.56 Å². The Morgan fingerprint density at radius 3 is 2.34 bits per heavy atom. The van der Waals surface area contributed by atoms with Crippen LogP contribution >= 0.6 is 23.8 Å². The highest BCUT2D eigenvalue weighted by molar-refractivity contribution is 7.71. The largest absolute Gasteiger partial charge is 0.340 e. The molecule has 0 spiro atoms. The van der Waals surface area contributed by atoms with Crippen molar-refractivity contribution in [1.82, 2.24) is 19.7 Å². The Kier molecular flexibility index (Phi) is 6.24. The third-order valence-electron chi connectivity index (χ3n) is 4.82. The number of likely N-dealkylation sites (N-methyl/N-ethyl adjacent to an activating group) is 1. The van der Waals surface area contributed by atoms with Gasteiger partial charge in [-0.15, -0.1) is 0 Å². The molecule has 0 saturated carbocycles. The number of rotatable bonds is 5. The zero-order chi connectivity index (χ0) is 21.2. The minimum absolute atomic E-state index is 0.0439. The summed E-state index contributed by atoms with van der Waals surface area (Å²) in [5, 5.41) is 7.69. The topological polar surface area (TPSA) is 53.9 Å². The maximum atomic E-state index is 12.8. The molecule has 1 heterocycles. The lowest BCUT2D eigenvalue weighted by atomic mass is 9.87. The van der Waals surface area contributed by atoms with Gasteiger partial charge in [0.05, 0.1) is 0 Å². The molecule has 0 aliphatic heterocycles. The first-order valence-corrected chi connectivity index (χ1v) is 10.2. The Hall–Kier alpha value is -2.44. The summed E-state index contributed by atoms with van der Waals surface area (Å²) in [6.45, 7) is 7.20. The van der Waals surface area contributed by atoms with E-state index in [-0.39, 0.29) is 17.9 Å². The smallest absolute Gasteiger partial charge is 0.242 e. The van der Waals surface area contributed by atoms with Gasteiger partial charge in [-0.05, 0) is 53.0 Å². The van der Waals surface area contributed by atoms with Gasteiger partial charge in [0, 0.05) is 24.2 Å². The Bertz CT molecular complexity index is 1050. The number of hydrogen-bond donors (Lipinski definition) is 1. The minimum atomic E-state index is -0.0439. The molecule has 1 amide bonds. The third-order valence-corrected chi connectivity index (χ3v) is 5.38. The average molecular weight is 429 g/mol. The summed E-state index contributed by atoms with van der Waals surface area (Å²) in [5.74, 6) is 0.570. The number of nitrogens with zero attached hydrogens (tertiary/aromatic N) is 3. The van der Waals surface area contributed by atoms with Gasteiger partial charge in [0.1, 0.15) is 6.54 Å². The van der Waals surface area contributed by atoms with E-state index in [1.54, 1.807) is 28.6 Å². The van der Waals surface area contributed by atoms with Gasteiger partial charge in [-0.3, -0.25) is 14.5 Å². The molecule has 0 atom stereocenters. The molecule has 0 unspecified atom stereocenters. The van der Waals surface area contributed by atoms with Crippen molar-refractivity contribution in [3.8, 4) is 11.4 Å². The molecule has 5 nitrogen and oxygen atoms in total. The highest BCUT2D eigenvalue weighted by atomic mass is 35.5. The second-order valence-corrected chi connectivity index (χ2v) is 8.97. The summed E-state index contributed by atoms with van der Waals surface area (Å²) in [6.07, 6.45) is 0.